The van der Waals surface area contributed by atoms with Crippen LogP contribution >= 0.6 is 0 Å². The second-order valence-electron chi connectivity index (χ2n) is 6.84. The Kier molecular flexibility index (Phi) is 3.16. The van der Waals surface area contributed by atoms with Crippen molar-refractivity contribution in [2.75, 3.05) is 0 Å². The van der Waals surface area contributed by atoms with E-state index in [4.69, 9.17) is 0 Å². The van der Waals surface area contributed by atoms with Crippen LogP contribution in [0, 0.1) is 17.3 Å². The van der Waals surface area contributed by atoms with E-state index in [2.05, 4.69) is 26.8 Å². The van der Waals surface area contributed by atoms with Gasteiger partial charge < -0.3 is 10.2 Å². The molecule has 2 N–H and O–H groups in total. The van der Waals surface area contributed by atoms with Gasteiger partial charge in [-0.15, -0.1) is 0 Å². The topological polar surface area (TPSA) is 40.5 Å². The molecule has 0 bridgehead atoms. The lowest BCUT2D eigenvalue weighted by Crippen LogP contribution is -2.53. The maximum absolute atomic E-state index is 10.7. The summed E-state index contributed by atoms with van der Waals surface area (Å²) in [6.07, 6.45) is 5.64. The number of aliphatic hydroxyl groups excluding tert-OH is 1. The number of hydrogen-bond acceptors (Lipinski definition) is 2. The molecule has 2 aliphatic rings. The van der Waals surface area contributed by atoms with Gasteiger partial charge in [-0.05, 0) is 57.8 Å². The molecule has 0 aromatic rings. The Hall–Kier alpha value is -0.340. The molecule has 2 nitrogen and oxygen atoms in total. The van der Waals surface area contributed by atoms with Gasteiger partial charge in [0, 0.05) is 5.92 Å². The van der Waals surface area contributed by atoms with Crippen molar-refractivity contribution in [2.24, 2.45) is 17.3 Å². The first-order valence-corrected chi connectivity index (χ1v) is 6.83. The number of fused-ring (bicyclic) bond motifs is 1. The molecule has 0 spiro atoms. The van der Waals surface area contributed by atoms with Gasteiger partial charge in [0.2, 0.25) is 0 Å². The third-order valence-electron chi connectivity index (χ3n) is 5.06. The largest absolute Gasteiger partial charge is 0.393 e. The van der Waals surface area contributed by atoms with E-state index in [0.29, 0.717) is 5.92 Å². The molecule has 0 saturated heterocycles. The summed E-state index contributed by atoms with van der Waals surface area (Å²) < 4.78 is 0. The summed E-state index contributed by atoms with van der Waals surface area (Å²) in [7, 11) is 0. The minimum atomic E-state index is -0.624. The molecule has 0 unspecified atom stereocenters. The first-order chi connectivity index (χ1) is 7.77. The molecule has 0 amide bonds. The number of allylic oxidation sites excluding steroid dienone is 2. The standard InChI is InChI=1S/C15H26O2/c1-10(2)9-11-5-7-14(3)12(16)6-8-15(4,17)13(11)14/h9,11-13,16-17H,5-8H2,1-4H3/t11-,12-,13-,14+,15+/m0/s1. The predicted molar refractivity (Wildman–Crippen MR) is 69.6 cm³/mol. The highest BCUT2D eigenvalue weighted by molar-refractivity contribution is 5.14. The number of hydrogen-bond donors (Lipinski definition) is 2. The Morgan fingerprint density at radius 3 is 2.41 bits per heavy atom. The van der Waals surface area contributed by atoms with Crippen LogP contribution in [-0.4, -0.2) is 21.9 Å². The molecule has 0 radical (unpaired) electrons. The molecule has 5 atom stereocenters. The molecule has 2 saturated carbocycles. The van der Waals surface area contributed by atoms with Crippen molar-refractivity contribution in [2.45, 2.75) is 65.1 Å². The van der Waals surface area contributed by atoms with E-state index in [1.807, 2.05) is 6.92 Å². The normalized spacial score (nSPS) is 49.9. The lowest BCUT2D eigenvalue weighted by Gasteiger charge is -2.50. The summed E-state index contributed by atoms with van der Waals surface area (Å²) in [5.74, 6) is 0.628. The smallest absolute Gasteiger partial charge is 0.0660 e. The maximum Gasteiger partial charge on any atom is 0.0660 e. The van der Waals surface area contributed by atoms with E-state index >= 15 is 0 Å². The lowest BCUT2D eigenvalue weighted by atomic mass is 9.59. The molecule has 0 heterocycles. The minimum Gasteiger partial charge on any atom is -0.393 e. The van der Waals surface area contributed by atoms with Crippen LogP contribution < -0.4 is 0 Å². The molecule has 2 fully saturated rings. The molecule has 98 valence electrons. The summed E-state index contributed by atoms with van der Waals surface area (Å²) in [5, 5.41) is 21.0. The van der Waals surface area contributed by atoms with Crippen LogP contribution in [0.2, 0.25) is 0 Å². The summed E-state index contributed by atoms with van der Waals surface area (Å²) >= 11 is 0. The fourth-order valence-electron chi connectivity index (χ4n) is 4.36. The second kappa shape index (κ2) is 4.10. The first-order valence-electron chi connectivity index (χ1n) is 6.83. The monoisotopic (exact) mass is 238 g/mol. The third-order valence-corrected chi connectivity index (χ3v) is 5.06. The molecule has 0 aliphatic heterocycles. The fourth-order valence-corrected chi connectivity index (χ4v) is 4.36. The van der Waals surface area contributed by atoms with Crippen molar-refractivity contribution in [1.82, 2.24) is 0 Å². The molecule has 2 heteroatoms. The van der Waals surface area contributed by atoms with Gasteiger partial charge in [0.25, 0.3) is 0 Å². The Morgan fingerprint density at radius 1 is 1.18 bits per heavy atom. The van der Waals surface area contributed by atoms with E-state index in [9.17, 15) is 10.2 Å². The molecular weight excluding hydrogens is 212 g/mol. The van der Waals surface area contributed by atoms with Gasteiger partial charge in [0.1, 0.15) is 0 Å². The summed E-state index contributed by atoms with van der Waals surface area (Å²) in [4.78, 5) is 0. The van der Waals surface area contributed by atoms with Crippen LogP contribution in [0.25, 0.3) is 0 Å². The van der Waals surface area contributed by atoms with Gasteiger partial charge >= 0.3 is 0 Å². The number of aliphatic hydroxyl groups is 2. The lowest BCUT2D eigenvalue weighted by molar-refractivity contribution is -0.143. The van der Waals surface area contributed by atoms with Crippen molar-refractivity contribution in [1.29, 1.82) is 0 Å². The van der Waals surface area contributed by atoms with Crippen LogP contribution in [-0.2, 0) is 0 Å². The van der Waals surface area contributed by atoms with E-state index in [1.165, 1.54) is 5.57 Å². The Balaban J connectivity index is 2.35. The Bertz CT molecular complexity index is 328. The third kappa shape index (κ3) is 2.06. The highest BCUT2D eigenvalue weighted by Gasteiger charge is 2.58. The SMILES string of the molecule is CC(C)=C[C@@H]1CC[C@]2(C)[C@@H](O)CC[C@@](C)(O)[C@@H]12. The number of rotatable bonds is 1. The highest BCUT2D eigenvalue weighted by atomic mass is 16.3. The molecule has 2 aliphatic carbocycles. The Morgan fingerprint density at radius 2 is 1.82 bits per heavy atom. The van der Waals surface area contributed by atoms with Gasteiger partial charge in [-0.1, -0.05) is 18.6 Å². The zero-order valence-corrected chi connectivity index (χ0v) is 11.5. The van der Waals surface area contributed by atoms with Crippen molar-refractivity contribution in [3.05, 3.63) is 11.6 Å². The zero-order chi connectivity index (χ0) is 12.8. The minimum absolute atomic E-state index is 0.0988. The van der Waals surface area contributed by atoms with Gasteiger partial charge in [0.05, 0.1) is 11.7 Å². The zero-order valence-electron chi connectivity index (χ0n) is 11.5. The first kappa shape index (κ1) is 13.1. The molecule has 17 heavy (non-hydrogen) atoms. The second-order valence-corrected chi connectivity index (χ2v) is 6.84. The molecule has 2 rings (SSSR count). The molecule has 0 aromatic heterocycles. The average Bonchev–Trinajstić information content (AvgIpc) is 2.52. The summed E-state index contributed by atoms with van der Waals surface area (Å²) in [5.41, 5.74) is 0.592. The maximum atomic E-state index is 10.7. The van der Waals surface area contributed by atoms with Gasteiger partial charge in [-0.3, -0.25) is 0 Å². The fraction of sp³-hybridized carbons (Fsp3) is 0.867. The van der Waals surface area contributed by atoms with Gasteiger partial charge in [-0.2, -0.15) is 0 Å². The van der Waals surface area contributed by atoms with E-state index < -0.39 is 5.60 Å². The Labute approximate surface area is 105 Å². The van der Waals surface area contributed by atoms with Crippen molar-refractivity contribution in [3.63, 3.8) is 0 Å². The van der Waals surface area contributed by atoms with Crippen LogP contribution in [0.1, 0.15) is 53.4 Å². The predicted octanol–water partition coefficient (Wildman–Crippen LogP) is 2.89. The van der Waals surface area contributed by atoms with Crippen LogP contribution in [0.3, 0.4) is 0 Å². The average molecular weight is 238 g/mol. The van der Waals surface area contributed by atoms with E-state index in [-0.39, 0.29) is 17.4 Å². The molecule has 0 aromatic carbocycles. The van der Waals surface area contributed by atoms with Crippen molar-refractivity contribution in [3.8, 4) is 0 Å². The quantitative estimate of drug-likeness (QED) is 0.690. The van der Waals surface area contributed by atoms with Crippen molar-refractivity contribution < 1.29 is 10.2 Å². The van der Waals surface area contributed by atoms with E-state index in [0.717, 1.165) is 25.7 Å². The highest BCUT2D eigenvalue weighted by Crippen LogP contribution is 2.58. The van der Waals surface area contributed by atoms with Crippen LogP contribution in [0.4, 0.5) is 0 Å². The summed E-state index contributed by atoms with van der Waals surface area (Å²) in [6, 6.07) is 0. The molecular formula is C15H26O2. The van der Waals surface area contributed by atoms with E-state index in [1.54, 1.807) is 0 Å². The van der Waals surface area contributed by atoms with Gasteiger partial charge in [-0.25, -0.2) is 0 Å². The van der Waals surface area contributed by atoms with Gasteiger partial charge in [0.15, 0.2) is 0 Å². The van der Waals surface area contributed by atoms with Crippen LogP contribution in [0.5, 0.6) is 0 Å². The van der Waals surface area contributed by atoms with Crippen molar-refractivity contribution >= 4 is 0 Å². The summed E-state index contributed by atoms with van der Waals surface area (Å²) in [6.45, 7) is 8.35. The van der Waals surface area contributed by atoms with Crippen LogP contribution in [0.15, 0.2) is 11.6 Å².